The Kier molecular flexibility index (Phi) is 6.86. The smallest absolute Gasteiger partial charge is 0.267 e. The van der Waals surface area contributed by atoms with Crippen LogP contribution < -0.4 is 5.32 Å². The normalized spacial score (nSPS) is 11.8. The number of sulfonamides is 1. The fourth-order valence-corrected chi connectivity index (χ4v) is 4.97. The van der Waals surface area contributed by atoms with Gasteiger partial charge >= 0.3 is 0 Å². The van der Waals surface area contributed by atoms with E-state index in [1.165, 1.54) is 29.5 Å². The second-order valence-electron chi connectivity index (χ2n) is 8.54. The molecule has 0 radical (unpaired) electrons. The average Bonchev–Trinajstić information content (AvgIpc) is 3.18. The Bertz CT molecular complexity index is 1420. The minimum atomic E-state index is -3.58. The predicted molar refractivity (Wildman–Crippen MR) is 136 cm³/mol. The van der Waals surface area contributed by atoms with Crippen LogP contribution in [0.25, 0.3) is 10.9 Å². The van der Waals surface area contributed by atoms with Gasteiger partial charge in [0.15, 0.2) is 0 Å². The van der Waals surface area contributed by atoms with Gasteiger partial charge in [0.1, 0.15) is 5.69 Å². The van der Waals surface area contributed by atoms with Gasteiger partial charge in [-0.1, -0.05) is 54.6 Å². The molecule has 0 fully saturated rings. The first kappa shape index (κ1) is 23.7. The first-order valence-corrected chi connectivity index (χ1v) is 12.6. The van der Waals surface area contributed by atoms with E-state index in [1.807, 2.05) is 47.0 Å². The Morgan fingerprint density at radius 1 is 0.941 bits per heavy atom. The van der Waals surface area contributed by atoms with Gasteiger partial charge in [-0.2, -0.15) is 0 Å². The fourth-order valence-electron chi connectivity index (χ4n) is 4.04. The van der Waals surface area contributed by atoms with Crippen molar-refractivity contribution in [3.05, 3.63) is 101 Å². The summed E-state index contributed by atoms with van der Waals surface area (Å²) in [5, 5.41) is 3.75. The first-order valence-electron chi connectivity index (χ1n) is 11.2. The molecule has 0 aliphatic carbocycles. The predicted octanol–water partition coefficient (Wildman–Crippen LogP) is 4.22. The highest BCUT2D eigenvalue weighted by atomic mass is 32.2. The lowest BCUT2D eigenvalue weighted by atomic mass is 10.1. The Balaban J connectivity index is 1.67. The van der Waals surface area contributed by atoms with Crippen molar-refractivity contribution in [2.24, 2.45) is 0 Å². The Labute approximate surface area is 200 Å². The molecule has 0 unspecified atom stereocenters. The highest BCUT2D eigenvalue weighted by molar-refractivity contribution is 7.89. The molecule has 0 bridgehead atoms. The van der Waals surface area contributed by atoms with E-state index in [9.17, 15) is 13.2 Å². The molecule has 1 N–H and O–H groups in total. The molecule has 0 atom stereocenters. The van der Waals surface area contributed by atoms with Crippen molar-refractivity contribution < 1.29 is 13.2 Å². The standard InChI is InChI=1S/C27H29N3O3S/c1-20-9-7-8-12-22(20)15-16-28-27(31)26-18-23-17-24(34(32,33)29(2)3)13-14-25(23)30(26)19-21-10-5-4-6-11-21/h4-14,17-18H,15-16,19H2,1-3H3,(H,28,31). The number of benzene rings is 3. The van der Waals surface area contributed by atoms with Crippen LogP contribution in [-0.4, -0.2) is 43.8 Å². The van der Waals surface area contributed by atoms with Gasteiger partial charge in [-0.15, -0.1) is 0 Å². The van der Waals surface area contributed by atoms with E-state index >= 15 is 0 Å². The number of hydrogen-bond donors (Lipinski definition) is 1. The molecule has 0 spiro atoms. The number of carbonyl (C=O) groups is 1. The van der Waals surface area contributed by atoms with Crippen molar-refractivity contribution in [3.63, 3.8) is 0 Å². The third kappa shape index (κ3) is 4.90. The van der Waals surface area contributed by atoms with Gasteiger partial charge in [-0.3, -0.25) is 4.79 Å². The summed E-state index contributed by atoms with van der Waals surface area (Å²) in [5.41, 5.74) is 4.77. The summed E-state index contributed by atoms with van der Waals surface area (Å²) in [6.45, 7) is 3.08. The van der Waals surface area contributed by atoms with Crippen LogP contribution in [0, 0.1) is 6.92 Å². The topological polar surface area (TPSA) is 71.4 Å². The van der Waals surface area contributed by atoms with Crippen molar-refractivity contribution in [3.8, 4) is 0 Å². The van der Waals surface area contributed by atoms with Crippen LogP contribution in [-0.2, 0) is 23.0 Å². The zero-order valence-electron chi connectivity index (χ0n) is 19.7. The van der Waals surface area contributed by atoms with Gasteiger partial charge in [0, 0.05) is 38.1 Å². The summed E-state index contributed by atoms with van der Waals surface area (Å²) >= 11 is 0. The van der Waals surface area contributed by atoms with Crippen LogP contribution in [0.3, 0.4) is 0 Å². The number of nitrogens with one attached hydrogen (secondary N) is 1. The molecule has 0 saturated heterocycles. The van der Waals surface area contributed by atoms with Crippen molar-refractivity contribution in [1.29, 1.82) is 0 Å². The second-order valence-corrected chi connectivity index (χ2v) is 10.7. The van der Waals surface area contributed by atoms with E-state index in [0.717, 1.165) is 17.5 Å². The largest absolute Gasteiger partial charge is 0.350 e. The van der Waals surface area contributed by atoms with E-state index in [1.54, 1.807) is 24.3 Å². The molecule has 4 rings (SSSR count). The summed E-state index contributed by atoms with van der Waals surface area (Å²) in [4.78, 5) is 13.4. The number of hydrogen-bond acceptors (Lipinski definition) is 3. The molecule has 0 saturated carbocycles. The van der Waals surface area contributed by atoms with Gasteiger partial charge < -0.3 is 9.88 Å². The van der Waals surface area contributed by atoms with Gasteiger partial charge in [-0.05, 0) is 54.3 Å². The van der Waals surface area contributed by atoms with E-state index in [4.69, 9.17) is 0 Å². The second kappa shape index (κ2) is 9.83. The maximum atomic E-state index is 13.2. The molecule has 3 aromatic carbocycles. The molecule has 1 amide bonds. The van der Waals surface area contributed by atoms with Crippen LogP contribution in [0.5, 0.6) is 0 Å². The van der Waals surface area contributed by atoms with Crippen molar-refractivity contribution in [2.45, 2.75) is 24.8 Å². The lowest BCUT2D eigenvalue weighted by Gasteiger charge is -2.13. The Hall–Kier alpha value is -3.42. The van der Waals surface area contributed by atoms with Crippen molar-refractivity contribution in [1.82, 2.24) is 14.2 Å². The minimum absolute atomic E-state index is 0.183. The summed E-state index contributed by atoms with van der Waals surface area (Å²) in [6.07, 6.45) is 0.739. The number of aryl methyl sites for hydroxylation is 1. The minimum Gasteiger partial charge on any atom is -0.350 e. The summed E-state index contributed by atoms with van der Waals surface area (Å²) in [6, 6.07) is 24.8. The number of rotatable bonds is 8. The molecular weight excluding hydrogens is 446 g/mol. The maximum Gasteiger partial charge on any atom is 0.267 e. The molecule has 4 aromatic rings. The van der Waals surface area contributed by atoms with Gasteiger partial charge in [0.2, 0.25) is 10.0 Å². The average molecular weight is 476 g/mol. The van der Waals surface area contributed by atoms with Gasteiger partial charge in [-0.25, -0.2) is 12.7 Å². The maximum absolute atomic E-state index is 13.2. The molecular formula is C27H29N3O3S. The van der Waals surface area contributed by atoms with Crippen molar-refractivity contribution in [2.75, 3.05) is 20.6 Å². The van der Waals surface area contributed by atoms with E-state index < -0.39 is 10.0 Å². The number of nitrogens with zero attached hydrogens (tertiary/aromatic N) is 2. The van der Waals surface area contributed by atoms with E-state index in [0.29, 0.717) is 24.2 Å². The van der Waals surface area contributed by atoms with Crippen LogP contribution in [0.2, 0.25) is 0 Å². The number of fused-ring (bicyclic) bond motifs is 1. The quantitative estimate of drug-likeness (QED) is 0.415. The van der Waals surface area contributed by atoms with Crippen molar-refractivity contribution >= 4 is 26.8 Å². The third-order valence-corrected chi connectivity index (χ3v) is 7.82. The summed E-state index contributed by atoms with van der Waals surface area (Å²) in [5.74, 6) is -0.183. The zero-order valence-corrected chi connectivity index (χ0v) is 20.5. The third-order valence-electron chi connectivity index (χ3n) is 6.01. The molecule has 176 valence electrons. The molecule has 1 heterocycles. The van der Waals surface area contributed by atoms with Crippen LogP contribution in [0.4, 0.5) is 0 Å². The SMILES string of the molecule is Cc1ccccc1CCNC(=O)c1cc2cc(S(=O)(=O)N(C)C)ccc2n1Cc1ccccc1. The van der Waals surface area contributed by atoms with E-state index in [2.05, 4.69) is 24.4 Å². The van der Waals surface area contributed by atoms with E-state index in [-0.39, 0.29) is 10.8 Å². The zero-order chi connectivity index (χ0) is 24.3. The molecule has 0 aliphatic heterocycles. The Morgan fingerprint density at radius 2 is 1.65 bits per heavy atom. The van der Waals surface area contributed by atoms with Crippen LogP contribution >= 0.6 is 0 Å². The monoisotopic (exact) mass is 475 g/mol. The van der Waals surface area contributed by atoms with Crippen LogP contribution in [0.15, 0.2) is 83.8 Å². The molecule has 1 aromatic heterocycles. The molecule has 7 heteroatoms. The molecule has 0 aliphatic rings. The lowest BCUT2D eigenvalue weighted by molar-refractivity contribution is 0.0945. The first-order chi connectivity index (χ1) is 16.3. The highest BCUT2D eigenvalue weighted by Crippen LogP contribution is 2.26. The number of carbonyl (C=O) groups excluding carboxylic acids is 1. The molecule has 6 nitrogen and oxygen atoms in total. The Morgan fingerprint density at radius 3 is 2.35 bits per heavy atom. The number of aromatic nitrogens is 1. The summed E-state index contributed by atoms with van der Waals surface area (Å²) in [7, 11) is -0.562. The highest BCUT2D eigenvalue weighted by Gasteiger charge is 2.21. The number of amides is 1. The lowest BCUT2D eigenvalue weighted by Crippen LogP contribution is -2.28. The molecule has 34 heavy (non-hydrogen) atoms. The van der Waals surface area contributed by atoms with Crippen LogP contribution in [0.1, 0.15) is 27.2 Å². The van der Waals surface area contributed by atoms with Gasteiger partial charge in [0.25, 0.3) is 5.91 Å². The van der Waals surface area contributed by atoms with Gasteiger partial charge in [0.05, 0.1) is 4.90 Å². The fraction of sp³-hybridized carbons (Fsp3) is 0.222. The summed E-state index contributed by atoms with van der Waals surface area (Å²) < 4.78 is 28.4.